The van der Waals surface area contributed by atoms with Gasteiger partial charge in [-0.05, 0) is 19.1 Å². The zero-order valence-corrected chi connectivity index (χ0v) is 13.8. The molecular weight excluding hydrogens is 302 g/mol. The molecule has 0 saturated carbocycles. The average molecular weight is 325 g/mol. The van der Waals surface area contributed by atoms with Gasteiger partial charge < -0.3 is 14.2 Å². The highest BCUT2D eigenvalue weighted by Gasteiger charge is 2.30. The molecule has 2 aliphatic heterocycles. The van der Waals surface area contributed by atoms with E-state index in [4.69, 9.17) is 9.26 Å². The van der Waals surface area contributed by atoms with Gasteiger partial charge in [-0.15, -0.1) is 0 Å². The third kappa shape index (κ3) is 3.83. The van der Waals surface area contributed by atoms with E-state index < -0.39 is 0 Å². The molecule has 0 N–H and O–H groups in total. The Kier molecular flexibility index (Phi) is 5.38. The quantitative estimate of drug-likeness (QED) is 0.834. The maximum Gasteiger partial charge on any atom is 0.276 e. The third-order valence-corrected chi connectivity index (χ3v) is 5.32. The summed E-state index contributed by atoms with van der Waals surface area (Å²) in [6.07, 6.45) is 1.03. The monoisotopic (exact) mass is 325 g/mol. The maximum absolute atomic E-state index is 12.8. The maximum atomic E-state index is 12.8. The zero-order valence-electron chi connectivity index (χ0n) is 13.0. The van der Waals surface area contributed by atoms with Gasteiger partial charge in [-0.1, -0.05) is 5.16 Å². The van der Waals surface area contributed by atoms with Gasteiger partial charge in [0.05, 0.1) is 19.3 Å². The number of aryl methyl sites for hydroxylation is 1. The summed E-state index contributed by atoms with van der Waals surface area (Å²) in [6.45, 7) is 7.00. The van der Waals surface area contributed by atoms with Gasteiger partial charge >= 0.3 is 0 Å². The van der Waals surface area contributed by atoms with Crippen molar-refractivity contribution in [1.82, 2.24) is 15.0 Å². The number of morpholine rings is 1. The number of carbonyl (C=O) groups is 1. The number of hydrogen-bond acceptors (Lipinski definition) is 6. The van der Waals surface area contributed by atoms with E-state index in [-0.39, 0.29) is 11.9 Å². The molecular formula is C15H23N3O3S. The molecule has 1 amide bonds. The summed E-state index contributed by atoms with van der Waals surface area (Å²) >= 11 is 1.94. The van der Waals surface area contributed by atoms with Crippen LogP contribution in [0.5, 0.6) is 0 Å². The minimum absolute atomic E-state index is 0.00221. The average Bonchev–Trinajstić information content (AvgIpc) is 2.84. The van der Waals surface area contributed by atoms with Gasteiger partial charge in [-0.3, -0.25) is 9.69 Å². The van der Waals surface area contributed by atoms with Crippen molar-refractivity contribution < 1.29 is 14.1 Å². The smallest absolute Gasteiger partial charge is 0.276 e. The van der Waals surface area contributed by atoms with Crippen LogP contribution in [0.2, 0.25) is 0 Å². The molecule has 2 aliphatic rings. The Morgan fingerprint density at radius 2 is 2.23 bits per heavy atom. The summed E-state index contributed by atoms with van der Waals surface area (Å²) in [7, 11) is 0. The van der Waals surface area contributed by atoms with Crippen molar-refractivity contribution in [2.45, 2.75) is 19.4 Å². The Morgan fingerprint density at radius 1 is 1.41 bits per heavy atom. The van der Waals surface area contributed by atoms with Crippen LogP contribution in [0.3, 0.4) is 0 Å². The minimum Gasteiger partial charge on any atom is -0.379 e. The molecule has 22 heavy (non-hydrogen) atoms. The fourth-order valence-corrected chi connectivity index (χ4v) is 4.00. The van der Waals surface area contributed by atoms with Crippen molar-refractivity contribution in [1.29, 1.82) is 0 Å². The third-order valence-electron chi connectivity index (χ3n) is 4.12. The van der Waals surface area contributed by atoms with Gasteiger partial charge in [0.1, 0.15) is 5.76 Å². The Morgan fingerprint density at radius 3 is 2.95 bits per heavy atom. The summed E-state index contributed by atoms with van der Waals surface area (Å²) in [5.74, 6) is 2.77. The Balaban J connectivity index is 1.70. The van der Waals surface area contributed by atoms with Crippen LogP contribution < -0.4 is 0 Å². The Hall–Kier alpha value is -1.05. The van der Waals surface area contributed by atoms with Crippen LogP contribution in [0.4, 0.5) is 0 Å². The Bertz CT molecular complexity index is 502. The molecule has 0 aliphatic carbocycles. The van der Waals surface area contributed by atoms with E-state index in [1.807, 2.05) is 23.6 Å². The number of amides is 1. The summed E-state index contributed by atoms with van der Waals surface area (Å²) < 4.78 is 10.5. The molecule has 0 aromatic carbocycles. The summed E-state index contributed by atoms with van der Waals surface area (Å²) in [5, 5.41) is 3.90. The molecule has 122 valence electrons. The van der Waals surface area contributed by atoms with E-state index in [0.29, 0.717) is 11.5 Å². The van der Waals surface area contributed by atoms with Crippen LogP contribution in [0.1, 0.15) is 22.7 Å². The van der Waals surface area contributed by atoms with Gasteiger partial charge in [0, 0.05) is 38.0 Å². The fourth-order valence-electron chi connectivity index (χ4n) is 2.94. The van der Waals surface area contributed by atoms with Crippen molar-refractivity contribution in [3.05, 3.63) is 17.5 Å². The second-order valence-electron chi connectivity index (χ2n) is 5.82. The molecule has 1 aromatic heterocycles. The normalized spacial score (nSPS) is 24.2. The predicted molar refractivity (Wildman–Crippen MR) is 85.3 cm³/mol. The first-order valence-corrected chi connectivity index (χ1v) is 9.01. The number of thioether (sulfide) groups is 1. The van der Waals surface area contributed by atoms with Crippen LogP contribution in [-0.4, -0.2) is 77.8 Å². The highest BCUT2D eigenvalue weighted by molar-refractivity contribution is 7.99. The Labute approximate surface area is 135 Å². The van der Waals surface area contributed by atoms with Gasteiger partial charge in [-0.2, -0.15) is 11.8 Å². The van der Waals surface area contributed by atoms with E-state index in [0.717, 1.165) is 57.3 Å². The van der Waals surface area contributed by atoms with Crippen molar-refractivity contribution in [3.8, 4) is 0 Å². The molecule has 2 saturated heterocycles. The lowest BCUT2D eigenvalue weighted by Crippen LogP contribution is -2.50. The van der Waals surface area contributed by atoms with Gasteiger partial charge in [0.15, 0.2) is 5.69 Å². The van der Waals surface area contributed by atoms with Crippen molar-refractivity contribution in [2.75, 3.05) is 50.9 Å². The number of nitrogens with zero attached hydrogens (tertiary/aromatic N) is 3. The standard InChI is InChI=1S/C15H23N3O3S/c1-12-9-14(16-21-12)15(19)18-3-2-8-22-11-13(18)10-17-4-6-20-7-5-17/h9,13H,2-8,10-11H2,1H3. The molecule has 0 spiro atoms. The van der Waals surface area contributed by atoms with Gasteiger partial charge in [0.2, 0.25) is 0 Å². The second-order valence-corrected chi connectivity index (χ2v) is 6.97. The molecule has 6 nitrogen and oxygen atoms in total. The minimum atomic E-state index is -0.00221. The lowest BCUT2D eigenvalue weighted by atomic mass is 10.2. The fraction of sp³-hybridized carbons (Fsp3) is 0.733. The van der Waals surface area contributed by atoms with Crippen LogP contribution in [0.15, 0.2) is 10.6 Å². The van der Waals surface area contributed by atoms with Gasteiger partial charge in [-0.25, -0.2) is 0 Å². The van der Waals surface area contributed by atoms with Crippen LogP contribution in [-0.2, 0) is 4.74 Å². The molecule has 1 unspecified atom stereocenters. The summed E-state index contributed by atoms with van der Waals surface area (Å²) in [4.78, 5) is 17.2. The first-order chi connectivity index (χ1) is 10.7. The second kappa shape index (κ2) is 7.48. The van der Waals surface area contributed by atoms with Crippen molar-refractivity contribution in [3.63, 3.8) is 0 Å². The van der Waals surface area contributed by atoms with E-state index >= 15 is 0 Å². The van der Waals surface area contributed by atoms with Crippen molar-refractivity contribution >= 4 is 17.7 Å². The molecule has 3 heterocycles. The molecule has 1 atom stereocenters. The largest absolute Gasteiger partial charge is 0.379 e. The summed E-state index contributed by atoms with van der Waals surface area (Å²) in [5.41, 5.74) is 0.427. The van der Waals surface area contributed by atoms with Gasteiger partial charge in [0.25, 0.3) is 5.91 Å². The SMILES string of the molecule is Cc1cc(C(=O)N2CCCSCC2CN2CCOCC2)no1. The highest BCUT2D eigenvalue weighted by Crippen LogP contribution is 2.20. The number of rotatable bonds is 3. The zero-order chi connectivity index (χ0) is 15.4. The predicted octanol–water partition coefficient (Wildman–Crippen LogP) is 1.26. The van der Waals surface area contributed by atoms with E-state index in [2.05, 4.69) is 10.1 Å². The topological polar surface area (TPSA) is 58.8 Å². The molecule has 1 aromatic rings. The number of carbonyl (C=O) groups excluding carboxylic acids is 1. The number of hydrogen-bond donors (Lipinski definition) is 0. The van der Waals surface area contributed by atoms with Crippen molar-refractivity contribution in [2.24, 2.45) is 0 Å². The lowest BCUT2D eigenvalue weighted by molar-refractivity contribution is 0.0243. The van der Waals surface area contributed by atoms with Crippen LogP contribution in [0, 0.1) is 6.92 Å². The van der Waals surface area contributed by atoms with E-state index in [1.54, 1.807) is 6.07 Å². The van der Waals surface area contributed by atoms with E-state index in [1.165, 1.54) is 0 Å². The number of ether oxygens (including phenoxy) is 1. The molecule has 0 radical (unpaired) electrons. The molecule has 2 fully saturated rings. The van der Waals surface area contributed by atoms with Crippen LogP contribution >= 0.6 is 11.8 Å². The highest BCUT2D eigenvalue weighted by atomic mass is 32.2. The van der Waals surface area contributed by atoms with E-state index in [9.17, 15) is 4.79 Å². The first-order valence-electron chi connectivity index (χ1n) is 7.86. The lowest BCUT2D eigenvalue weighted by Gasteiger charge is -2.35. The molecule has 7 heteroatoms. The van der Waals surface area contributed by atoms with Crippen LogP contribution in [0.25, 0.3) is 0 Å². The summed E-state index contributed by atoms with van der Waals surface area (Å²) in [6, 6.07) is 1.96. The number of aromatic nitrogens is 1. The first kappa shape index (κ1) is 15.8. The molecule has 0 bridgehead atoms. The molecule has 3 rings (SSSR count).